The van der Waals surface area contributed by atoms with Gasteiger partial charge in [-0.05, 0) is 30.3 Å². The zero-order chi connectivity index (χ0) is 13.0. The van der Waals surface area contributed by atoms with Crippen molar-refractivity contribution in [2.75, 3.05) is 14.2 Å². The molecule has 1 aromatic carbocycles. The second-order valence-corrected chi connectivity index (χ2v) is 3.74. The molecule has 2 aromatic rings. The van der Waals surface area contributed by atoms with Crippen molar-refractivity contribution in [3.8, 4) is 22.8 Å². The summed E-state index contributed by atoms with van der Waals surface area (Å²) >= 11 is 0. The van der Waals surface area contributed by atoms with Gasteiger partial charge in [0.1, 0.15) is 11.5 Å². The summed E-state index contributed by atoms with van der Waals surface area (Å²) in [5.74, 6) is 1.46. The molecule has 1 heterocycles. The maximum Gasteiger partial charge on any atom is 0.128 e. The summed E-state index contributed by atoms with van der Waals surface area (Å²) in [4.78, 5) is 4.36. The lowest BCUT2D eigenvalue weighted by atomic mass is 10.1. The number of hydrogen-bond acceptors (Lipinski definition) is 4. The Morgan fingerprint density at radius 3 is 2.61 bits per heavy atom. The van der Waals surface area contributed by atoms with E-state index in [4.69, 9.17) is 14.6 Å². The summed E-state index contributed by atoms with van der Waals surface area (Å²) in [6.07, 6.45) is 0. The first-order valence-corrected chi connectivity index (χ1v) is 5.57. The van der Waals surface area contributed by atoms with Crippen LogP contribution in [-0.4, -0.2) is 24.3 Å². The number of hydrogen-bond donors (Lipinski definition) is 1. The summed E-state index contributed by atoms with van der Waals surface area (Å²) in [6, 6.07) is 11.0. The van der Waals surface area contributed by atoms with Crippen LogP contribution in [0.25, 0.3) is 11.3 Å². The van der Waals surface area contributed by atoms with Crippen LogP contribution in [0.1, 0.15) is 5.69 Å². The Morgan fingerprint density at radius 2 is 1.94 bits per heavy atom. The minimum atomic E-state index is -0.0832. The summed E-state index contributed by atoms with van der Waals surface area (Å²) in [5.41, 5.74) is 2.21. The lowest BCUT2D eigenvalue weighted by molar-refractivity contribution is 0.277. The molecule has 0 aliphatic rings. The molecule has 2 rings (SSSR count). The quantitative estimate of drug-likeness (QED) is 0.897. The average Bonchev–Trinajstić information content (AvgIpc) is 2.46. The van der Waals surface area contributed by atoms with Gasteiger partial charge in [-0.25, -0.2) is 0 Å². The molecule has 0 saturated heterocycles. The van der Waals surface area contributed by atoms with Gasteiger partial charge in [0, 0.05) is 5.56 Å². The van der Waals surface area contributed by atoms with E-state index in [-0.39, 0.29) is 6.61 Å². The summed E-state index contributed by atoms with van der Waals surface area (Å²) < 4.78 is 10.5. The van der Waals surface area contributed by atoms with Gasteiger partial charge in [0.25, 0.3) is 0 Å². The van der Waals surface area contributed by atoms with E-state index in [2.05, 4.69) is 4.98 Å². The van der Waals surface area contributed by atoms with Gasteiger partial charge >= 0.3 is 0 Å². The van der Waals surface area contributed by atoms with E-state index in [1.807, 2.05) is 30.3 Å². The highest BCUT2D eigenvalue weighted by molar-refractivity contribution is 5.69. The van der Waals surface area contributed by atoms with Gasteiger partial charge in [-0.3, -0.25) is 4.98 Å². The van der Waals surface area contributed by atoms with Gasteiger partial charge in [0.2, 0.25) is 0 Å². The van der Waals surface area contributed by atoms with Crippen LogP contribution in [0.4, 0.5) is 0 Å². The molecule has 0 fully saturated rings. The fraction of sp³-hybridized carbons (Fsp3) is 0.214. The lowest BCUT2D eigenvalue weighted by Gasteiger charge is -2.10. The van der Waals surface area contributed by atoms with Crippen molar-refractivity contribution < 1.29 is 14.6 Å². The molecule has 0 radical (unpaired) electrons. The van der Waals surface area contributed by atoms with Crippen LogP contribution in [0, 0.1) is 0 Å². The number of nitrogens with zero attached hydrogens (tertiary/aromatic N) is 1. The third kappa shape index (κ3) is 2.43. The van der Waals surface area contributed by atoms with Crippen molar-refractivity contribution in [2.45, 2.75) is 6.61 Å². The average molecular weight is 245 g/mol. The summed E-state index contributed by atoms with van der Waals surface area (Å²) in [7, 11) is 3.23. The first-order valence-electron chi connectivity index (χ1n) is 5.57. The smallest absolute Gasteiger partial charge is 0.128 e. The zero-order valence-electron chi connectivity index (χ0n) is 10.4. The SMILES string of the molecule is COc1ccc(OC)c(-c2cccc(CO)n2)c1. The van der Waals surface area contributed by atoms with Crippen molar-refractivity contribution in [3.05, 3.63) is 42.1 Å². The number of aliphatic hydroxyl groups is 1. The number of benzene rings is 1. The van der Waals surface area contributed by atoms with Crippen LogP contribution in [-0.2, 0) is 6.61 Å². The molecule has 4 nitrogen and oxygen atoms in total. The van der Waals surface area contributed by atoms with E-state index in [0.717, 1.165) is 22.8 Å². The molecule has 0 aliphatic carbocycles. The lowest BCUT2D eigenvalue weighted by Crippen LogP contribution is -1.95. The molecule has 94 valence electrons. The molecule has 0 spiro atoms. The molecule has 0 amide bonds. The molecule has 0 aliphatic heterocycles. The molecule has 0 unspecified atom stereocenters. The third-order valence-corrected chi connectivity index (χ3v) is 2.65. The Balaban J connectivity index is 2.53. The fourth-order valence-corrected chi connectivity index (χ4v) is 1.73. The first kappa shape index (κ1) is 12.4. The predicted molar refractivity (Wildman–Crippen MR) is 68.7 cm³/mol. The molecule has 18 heavy (non-hydrogen) atoms. The van der Waals surface area contributed by atoms with E-state index in [9.17, 15) is 0 Å². The van der Waals surface area contributed by atoms with Crippen molar-refractivity contribution in [2.24, 2.45) is 0 Å². The van der Waals surface area contributed by atoms with Gasteiger partial charge in [0.05, 0.1) is 32.2 Å². The molecule has 0 bridgehead atoms. The molecule has 4 heteroatoms. The van der Waals surface area contributed by atoms with Crippen molar-refractivity contribution in [1.29, 1.82) is 0 Å². The Morgan fingerprint density at radius 1 is 1.11 bits per heavy atom. The minimum Gasteiger partial charge on any atom is -0.497 e. The molecular formula is C14H15NO3. The number of methoxy groups -OCH3 is 2. The Bertz CT molecular complexity index is 540. The van der Waals surface area contributed by atoms with E-state index in [1.54, 1.807) is 20.3 Å². The maximum absolute atomic E-state index is 9.12. The second-order valence-electron chi connectivity index (χ2n) is 3.74. The number of pyridine rings is 1. The summed E-state index contributed by atoms with van der Waals surface area (Å²) in [5, 5.41) is 9.12. The highest BCUT2D eigenvalue weighted by atomic mass is 16.5. The number of aromatic nitrogens is 1. The largest absolute Gasteiger partial charge is 0.497 e. The maximum atomic E-state index is 9.12. The van der Waals surface area contributed by atoms with Crippen molar-refractivity contribution in [3.63, 3.8) is 0 Å². The van der Waals surface area contributed by atoms with Crippen LogP contribution < -0.4 is 9.47 Å². The van der Waals surface area contributed by atoms with Gasteiger partial charge in [0.15, 0.2) is 0 Å². The summed E-state index contributed by atoms with van der Waals surface area (Å²) in [6.45, 7) is -0.0832. The van der Waals surface area contributed by atoms with E-state index < -0.39 is 0 Å². The van der Waals surface area contributed by atoms with E-state index in [1.165, 1.54) is 0 Å². The molecule has 1 aromatic heterocycles. The highest BCUT2D eigenvalue weighted by Gasteiger charge is 2.09. The molecular weight excluding hydrogens is 230 g/mol. The minimum absolute atomic E-state index is 0.0832. The molecule has 0 atom stereocenters. The van der Waals surface area contributed by atoms with Crippen LogP contribution in [0.3, 0.4) is 0 Å². The number of ether oxygens (including phenoxy) is 2. The Kier molecular flexibility index (Phi) is 3.79. The van der Waals surface area contributed by atoms with Crippen LogP contribution in [0.2, 0.25) is 0 Å². The van der Waals surface area contributed by atoms with Crippen molar-refractivity contribution in [1.82, 2.24) is 4.98 Å². The topological polar surface area (TPSA) is 51.6 Å². The van der Waals surface area contributed by atoms with E-state index >= 15 is 0 Å². The zero-order valence-corrected chi connectivity index (χ0v) is 10.4. The van der Waals surface area contributed by atoms with Gasteiger partial charge in [-0.2, -0.15) is 0 Å². The molecule has 0 saturated carbocycles. The van der Waals surface area contributed by atoms with Crippen LogP contribution in [0.5, 0.6) is 11.5 Å². The number of aliphatic hydroxyl groups excluding tert-OH is 1. The fourth-order valence-electron chi connectivity index (χ4n) is 1.73. The van der Waals surface area contributed by atoms with Gasteiger partial charge in [-0.15, -0.1) is 0 Å². The highest BCUT2D eigenvalue weighted by Crippen LogP contribution is 2.32. The monoisotopic (exact) mass is 245 g/mol. The Labute approximate surface area is 106 Å². The molecule has 1 N–H and O–H groups in total. The van der Waals surface area contributed by atoms with E-state index in [0.29, 0.717) is 5.69 Å². The first-order chi connectivity index (χ1) is 8.78. The van der Waals surface area contributed by atoms with Crippen LogP contribution in [0.15, 0.2) is 36.4 Å². The third-order valence-electron chi connectivity index (χ3n) is 2.65. The Hall–Kier alpha value is -2.07. The predicted octanol–water partition coefficient (Wildman–Crippen LogP) is 2.26. The number of rotatable bonds is 4. The standard InChI is InChI=1S/C14H15NO3/c1-17-11-6-7-14(18-2)12(8-11)13-5-3-4-10(9-16)15-13/h3-8,16H,9H2,1-2H3. The second kappa shape index (κ2) is 5.51. The normalized spacial score (nSPS) is 10.2. The van der Waals surface area contributed by atoms with Gasteiger partial charge in [-0.1, -0.05) is 6.07 Å². The van der Waals surface area contributed by atoms with Crippen molar-refractivity contribution >= 4 is 0 Å². The van der Waals surface area contributed by atoms with Crippen LogP contribution >= 0.6 is 0 Å². The van der Waals surface area contributed by atoms with Gasteiger partial charge < -0.3 is 14.6 Å².